The van der Waals surface area contributed by atoms with Gasteiger partial charge in [0, 0.05) is 4.47 Å². The Balaban J connectivity index is 2.37. The number of benzene rings is 1. The number of rotatable bonds is 3. The quantitative estimate of drug-likeness (QED) is 0.908. The highest BCUT2D eigenvalue weighted by molar-refractivity contribution is 9.10. The molecule has 1 heterocycles. The molecule has 0 spiro atoms. The number of anilines is 1. The Labute approximate surface area is 114 Å². The molecule has 0 unspecified atom stereocenters. The molecule has 0 fully saturated rings. The number of hydrogen-bond donors (Lipinski definition) is 2. The Morgan fingerprint density at radius 3 is 2.67 bits per heavy atom. The molecule has 7 heteroatoms. The highest BCUT2D eigenvalue weighted by Crippen LogP contribution is 2.27. The summed E-state index contributed by atoms with van der Waals surface area (Å²) in [5, 5.41) is 0.0495. The molecule has 2 rings (SSSR count). The maximum Gasteiger partial charge on any atom is 0.279 e. The molecular formula is C11H12BrN3O2S. The number of aromatic amines is 1. The zero-order valence-electron chi connectivity index (χ0n) is 9.86. The van der Waals surface area contributed by atoms with Gasteiger partial charge in [-0.25, -0.2) is 4.98 Å². The Kier molecular flexibility index (Phi) is 3.45. The highest BCUT2D eigenvalue weighted by atomic mass is 79.9. The lowest BCUT2D eigenvalue weighted by atomic mass is 10.2. The molecule has 0 aliphatic carbocycles. The van der Waals surface area contributed by atoms with Crippen molar-refractivity contribution in [1.29, 1.82) is 0 Å². The monoisotopic (exact) mass is 329 g/mol. The molecule has 0 radical (unpaired) electrons. The van der Waals surface area contributed by atoms with Crippen molar-refractivity contribution in [3.05, 3.63) is 40.3 Å². The van der Waals surface area contributed by atoms with Crippen molar-refractivity contribution in [2.45, 2.75) is 18.9 Å². The number of nitrogens with zero attached hydrogens (tertiary/aromatic N) is 1. The lowest BCUT2D eigenvalue weighted by Gasteiger charge is -2.09. The molecular weight excluding hydrogens is 318 g/mol. The molecule has 0 aliphatic heterocycles. The fourth-order valence-corrected chi connectivity index (χ4v) is 3.00. The van der Waals surface area contributed by atoms with E-state index in [4.69, 9.17) is 0 Å². The third kappa shape index (κ3) is 2.56. The minimum Gasteiger partial charge on any atom is -0.332 e. The van der Waals surface area contributed by atoms with Crippen LogP contribution in [0.3, 0.4) is 0 Å². The lowest BCUT2D eigenvalue weighted by Crippen LogP contribution is -2.14. The predicted octanol–water partition coefficient (Wildman–Crippen LogP) is 2.59. The van der Waals surface area contributed by atoms with Crippen molar-refractivity contribution < 1.29 is 8.42 Å². The van der Waals surface area contributed by atoms with Gasteiger partial charge in [0.05, 0.1) is 11.9 Å². The number of nitrogens with one attached hydrogen (secondary N) is 2. The van der Waals surface area contributed by atoms with E-state index in [1.165, 1.54) is 6.20 Å². The summed E-state index contributed by atoms with van der Waals surface area (Å²) in [7, 11) is -3.63. The van der Waals surface area contributed by atoms with Crippen LogP contribution in [0.5, 0.6) is 0 Å². The molecule has 18 heavy (non-hydrogen) atoms. The first-order valence-electron chi connectivity index (χ1n) is 5.20. The lowest BCUT2D eigenvalue weighted by molar-refractivity contribution is 0.598. The minimum absolute atomic E-state index is 0.0495. The van der Waals surface area contributed by atoms with E-state index in [2.05, 4.69) is 30.6 Å². The van der Waals surface area contributed by atoms with Gasteiger partial charge in [-0.05, 0) is 41.4 Å². The summed E-state index contributed by atoms with van der Waals surface area (Å²) >= 11 is 3.36. The second-order valence-corrected chi connectivity index (χ2v) is 6.32. The predicted molar refractivity (Wildman–Crippen MR) is 73.0 cm³/mol. The van der Waals surface area contributed by atoms with Crippen LogP contribution in [-0.4, -0.2) is 18.4 Å². The van der Waals surface area contributed by atoms with Gasteiger partial charge in [0.2, 0.25) is 0 Å². The standard InChI is InChI=1S/C11H12BrN3O2S/c1-7-4-3-5-9(11(7)12)15-18(16,17)10-6-13-8(2)14-10/h3-6,15H,1-2H3,(H,13,14). The molecule has 0 aliphatic rings. The number of sulfonamides is 1. The zero-order chi connectivity index (χ0) is 13.3. The zero-order valence-corrected chi connectivity index (χ0v) is 12.3. The summed E-state index contributed by atoms with van der Waals surface area (Å²) in [6.45, 7) is 3.59. The second-order valence-electron chi connectivity index (χ2n) is 3.87. The molecule has 2 aromatic rings. The van der Waals surface area contributed by atoms with E-state index in [9.17, 15) is 8.42 Å². The van der Waals surface area contributed by atoms with Crippen LogP contribution < -0.4 is 4.72 Å². The molecule has 2 N–H and O–H groups in total. The Bertz CT molecular complexity index is 679. The summed E-state index contributed by atoms with van der Waals surface area (Å²) in [6.07, 6.45) is 1.29. The van der Waals surface area contributed by atoms with Crippen LogP contribution in [0.4, 0.5) is 5.69 Å². The van der Waals surface area contributed by atoms with E-state index < -0.39 is 10.0 Å². The molecule has 1 aromatic heterocycles. The number of halogens is 1. The molecule has 0 bridgehead atoms. The fraction of sp³-hybridized carbons (Fsp3) is 0.182. The van der Waals surface area contributed by atoms with Gasteiger partial charge in [0.15, 0.2) is 5.03 Å². The average molecular weight is 330 g/mol. The number of imidazole rings is 1. The van der Waals surface area contributed by atoms with Crippen molar-refractivity contribution in [2.75, 3.05) is 4.72 Å². The third-order valence-corrected chi connectivity index (χ3v) is 4.73. The van der Waals surface area contributed by atoms with Crippen LogP contribution in [0.15, 0.2) is 33.9 Å². The van der Waals surface area contributed by atoms with Crippen molar-refractivity contribution in [1.82, 2.24) is 9.97 Å². The van der Waals surface area contributed by atoms with Gasteiger partial charge in [0.25, 0.3) is 10.0 Å². The largest absolute Gasteiger partial charge is 0.332 e. The summed E-state index contributed by atoms with van der Waals surface area (Å²) < 4.78 is 27.4. The van der Waals surface area contributed by atoms with Crippen LogP contribution in [0.1, 0.15) is 11.4 Å². The molecule has 5 nitrogen and oxygen atoms in total. The Morgan fingerprint density at radius 2 is 2.06 bits per heavy atom. The van der Waals surface area contributed by atoms with Gasteiger partial charge in [0.1, 0.15) is 5.82 Å². The van der Waals surface area contributed by atoms with Gasteiger partial charge >= 0.3 is 0 Å². The normalized spacial score (nSPS) is 11.5. The summed E-state index contributed by atoms with van der Waals surface area (Å²) in [4.78, 5) is 6.57. The third-order valence-electron chi connectivity index (χ3n) is 2.41. The molecule has 0 atom stereocenters. The maximum atomic E-state index is 12.1. The highest BCUT2D eigenvalue weighted by Gasteiger charge is 2.18. The number of aryl methyl sites for hydroxylation is 2. The van der Waals surface area contributed by atoms with Gasteiger partial charge in [-0.1, -0.05) is 12.1 Å². The summed E-state index contributed by atoms with van der Waals surface area (Å²) in [6, 6.07) is 5.37. The van der Waals surface area contributed by atoms with Gasteiger partial charge in [-0.3, -0.25) is 4.72 Å². The van der Waals surface area contributed by atoms with Crippen molar-refractivity contribution in [3.8, 4) is 0 Å². The number of hydrogen-bond acceptors (Lipinski definition) is 3. The molecule has 0 amide bonds. The van der Waals surface area contributed by atoms with Crippen molar-refractivity contribution in [3.63, 3.8) is 0 Å². The van der Waals surface area contributed by atoms with E-state index >= 15 is 0 Å². The van der Waals surface area contributed by atoms with E-state index in [0.29, 0.717) is 11.5 Å². The minimum atomic E-state index is -3.63. The topological polar surface area (TPSA) is 74.8 Å². The molecule has 1 aromatic carbocycles. The van der Waals surface area contributed by atoms with Crippen LogP contribution in [0.2, 0.25) is 0 Å². The first-order chi connectivity index (χ1) is 8.40. The van der Waals surface area contributed by atoms with E-state index in [1.54, 1.807) is 19.1 Å². The van der Waals surface area contributed by atoms with Crippen LogP contribution in [0.25, 0.3) is 0 Å². The van der Waals surface area contributed by atoms with Crippen molar-refractivity contribution in [2.24, 2.45) is 0 Å². The SMILES string of the molecule is Cc1ncc(S(=O)(=O)Nc2cccc(C)c2Br)[nH]1. The van der Waals surface area contributed by atoms with E-state index in [-0.39, 0.29) is 5.03 Å². The van der Waals surface area contributed by atoms with Gasteiger partial charge < -0.3 is 4.98 Å². The Hall–Kier alpha value is -1.34. The van der Waals surface area contributed by atoms with Gasteiger partial charge in [-0.15, -0.1) is 0 Å². The number of aromatic nitrogens is 2. The molecule has 0 saturated heterocycles. The van der Waals surface area contributed by atoms with Crippen LogP contribution in [-0.2, 0) is 10.0 Å². The molecule has 0 saturated carbocycles. The fourth-order valence-electron chi connectivity index (χ4n) is 1.46. The smallest absolute Gasteiger partial charge is 0.279 e. The van der Waals surface area contributed by atoms with Gasteiger partial charge in [-0.2, -0.15) is 8.42 Å². The Morgan fingerprint density at radius 1 is 1.33 bits per heavy atom. The maximum absolute atomic E-state index is 12.1. The van der Waals surface area contributed by atoms with Crippen LogP contribution >= 0.6 is 15.9 Å². The van der Waals surface area contributed by atoms with E-state index in [0.717, 1.165) is 10.0 Å². The average Bonchev–Trinajstić information content (AvgIpc) is 2.72. The first-order valence-corrected chi connectivity index (χ1v) is 7.47. The second kappa shape index (κ2) is 4.74. The van der Waals surface area contributed by atoms with Crippen molar-refractivity contribution >= 4 is 31.6 Å². The number of H-pyrrole nitrogens is 1. The summed E-state index contributed by atoms with van der Waals surface area (Å²) in [5.41, 5.74) is 1.46. The van der Waals surface area contributed by atoms with Crippen LogP contribution in [0, 0.1) is 13.8 Å². The van der Waals surface area contributed by atoms with E-state index in [1.807, 2.05) is 13.0 Å². The first kappa shape index (κ1) is 13.1. The summed E-state index contributed by atoms with van der Waals surface area (Å²) in [5.74, 6) is 0.554. The molecule has 96 valence electrons.